The van der Waals surface area contributed by atoms with Crippen molar-refractivity contribution in [2.45, 2.75) is 26.9 Å². The van der Waals surface area contributed by atoms with Crippen LogP contribution >= 0.6 is 0 Å². The van der Waals surface area contributed by atoms with Gasteiger partial charge in [0.2, 0.25) is 0 Å². The Morgan fingerprint density at radius 1 is 1.38 bits per heavy atom. The molecule has 0 bridgehead atoms. The number of rotatable bonds is 3. The first-order chi connectivity index (χ1) is 7.49. The molecule has 4 nitrogen and oxygen atoms in total. The van der Waals surface area contributed by atoms with Gasteiger partial charge in [-0.15, -0.1) is 0 Å². The quantitative estimate of drug-likeness (QED) is 0.765. The van der Waals surface area contributed by atoms with Crippen molar-refractivity contribution in [3.05, 3.63) is 28.8 Å². The summed E-state index contributed by atoms with van der Waals surface area (Å²) < 4.78 is 4.71. The fraction of sp³-hybridized carbons (Fsp3) is 0.417. The van der Waals surface area contributed by atoms with Gasteiger partial charge in [-0.1, -0.05) is 12.1 Å². The zero-order chi connectivity index (χ0) is 12.3. The second kappa shape index (κ2) is 4.99. The first-order valence-electron chi connectivity index (χ1n) is 5.12. The van der Waals surface area contributed by atoms with E-state index in [2.05, 4.69) is 0 Å². The number of hydrogen-bond acceptors (Lipinski definition) is 4. The third-order valence-electron chi connectivity index (χ3n) is 2.42. The largest absolute Gasteiger partial charge is 0.507 e. The van der Waals surface area contributed by atoms with Crippen LogP contribution in [-0.2, 0) is 9.53 Å². The number of esters is 1. The Labute approximate surface area is 94.5 Å². The maximum atomic E-state index is 11.4. The van der Waals surface area contributed by atoms with Gasteiger partial charge in [0, 0.05) is 5.56 Å². The highest BCUT2D eigenvalue weighted by Crippen LogP contribution is 2.31. The molecular weight excluding hydrogens is 208 g/mol. The van der Waals surface area contributed by atoms with Crippen molar-refractivity contribution >= 4 is 5.97 Å². The van der Waals surface area contributed by atoms with Crippen molar-refractivity contribution in [3.63, 3.8) is 0 Å². The number of phenols is 1. The van der Waals surface area contributed by atoms with E-state index in [4.69, 9.17) is 4.74 Å². The highest BCUT2D eigenvalue weighted by atomic mass is 16.5. The Morgan fingerprint density at radius 3 is 2.50 bits per heavy atom. The highest BCUT2D eigenvalue weighted by molar-refractivity contribution is 5.78. The smallest absolute Gasteiger partial charge is 0.339 e. The van der Waals surface area contributed by atoms with Crippen molar-refractivity contribution in [1.29, 1.82) is 0 Å². The maximum Gasteiger partial charge on any atom is 0.339 e. The summed E-state index contributed by atoms with van der Waals surface area (Å²) in [4.78, 5) is 11.4. The molecule has 0 radical (unpaired) electrons. The van der Waals surface area contributed by atoms with Crippen molar-refractivity contribution in [1.82, 2.24) is 0 Å². The summed E-state index contributed by atoms with van der Waals surface area (Å²) in [6.07, 6.45) is -1.43. The molecule has 0 amide bonds. The third-order valence-corrected chi connectivity index (χ3v) is 2.42. The van der Waals surface area contributed by atoms with Gasteiger partial charge in [-0.05, 0) is 31.9 Å². The standard InChI is InChI=1S/C12H16O4/c1-4-16-12(15)11(14)9-7(2)5-6-8(3)10(9)13/h5-6,11,13-14H,4H2,1-3H3. The van der Waals surface area contributed by atoms with E-state index in [0.29, 0.717) is 11.1 Å². The minimum Gasteiger partial charge on any atom is -0.507 e. The summed E-state index contributed by atoms with van der Waals surface area (Å²) in [6.45, 7) is 5.28. The van der Waals surface area contributed by atoms with Crippen molar-refractivity contribution in [2.24, 2.45) is 0 Å². The zero-order valence-corrected chi connectivity index (χ0v) is 9.65. The lowest BCUT2D eigenvalue weighted by atomic mass is 9.99. The molecule has 0 fully saturated rings. The second-order valence-electron chi connectivity index (χ2n) is 3.62. The lowest BCUT2D eigenvalue weighted by molar-refractivity contribution is -0.153. The van der Waals surface area contributed by atoms with Gasteiger partial charge >= 0.3 is 5.97 Å². The number of aliphatic hydroxyl groups excluding tert-OH is 1. The number of carbonyl (C=O) groups excluding carboxylic acids is 1. The Morgan fingerprint density at radius 2 is 1.94 bits per heavy atom. The highest BCUT2D eigenvalue weighted by Gasteiger charge is 2.24. The molecule has 0 aliphatic rings. The normalized spacial score (nSPS) is 12.2. The maximum absolute atomic E-state index is 11.4. The number of hydrogen-bond donors (Lipinski definition) is 2. The van der Waals surface area contributed by atoms with Gasteiger partial charge in [0.05, 0.1) is 6.61 Å². The number of aromatic hydroxyl groups is 1. The van der Waals surface area contributed by atoms with Crippen molar-refractivity contribution < 1.29 is 19.7 Å². The fourth-order valence-corrected chi connectivity index (χ4v) is 1.50. The first-order valence-corrected chi connectivity index (χ1v) is 5.12. The monoisotopic (exact) mass is 224 g/mol. The molecule has 0 aliphatic heterocycles. The molecule has 0 saturated heterocycles. The summed E-state index contributed by atoms with van der Waals surface area (Å²) in [6, 6.07) is 3.47. The molecule has 0 aliphatic carbocycles. The molecule has 0 aromatic heterocycles. The summed E-state index contributed by atoms with van der Waals surface area (Å²) in [7, 11) is 0. The Bertz CT molecular complexity index is 398. The SMILES string of the molecule is CCOC(=O)C(O)c1c(C)ccc(C)c1O. The molecule has 88 valence electrons. The summed E-state index contributed by atoms with van der Waals surface area (Å²) in [5, 5.41) is 19.6. The Balaban J connectivity index is 3.12. The number of phenolic OH excluding ortho intramolecular Hbond substituents is 1. The molecule has 0 spiro atoms. The lowest BCUT2D eigenvalue weighted by Crippen LogP contribution is -2.16. The summed E-state index contributed by atoms with van der Waals surface area (Å²) in [5.41, 5.74) is 1.49. The van der Waals surface area contributed by atoms with Crippen LogP contribution in [0.1, 0.15) is 29.7 Å². The molecule has 1 rings (SSSR count). The molecule has 1 aromatic carbocycles. The van der Waals surface area contributed by atoms with Crippen LogP contribution in [0, 0.1) is 13.8 Å². The van der Waals surface area contributed by atoms with E-state index in [1.165, 1.54) is 0 Å². The van der Waals surface area contributed by atoms with Gasteiger partial charge in [0.1, 0.15) is 5.75 Å². The minimum absolute atomic E-state index is 0.0550. The Hall–Kier alpha value is -1.55. The molecule has 1 aromatic rings. The van der Waals surface area contributed by atoms with Crippen LogP contribution in [0.4, 0.5) is 0 Å². The summed E-state index contributed by atoms with van der Waals surface area (Å²) >= 11 is 0. The van der Waals surface area contributed by atoms with Crippen LogP contribution in [-0.4, -0.2) is 22.8 Å². The van der Waals surface area contributed by atoms with Gasteiger partial charge in [-0.2, -0.15) is 0 Å². The van der Waals surface area contributed by atoms with Gasteiger partial charge in [-0.25, -0.2) is 4.79 Å². The van der Waals surface area contributed by atoms with Crippen LogP contribution in [0.15, 0.2) is 12.1 Å². The van der Waals surface area contributed by atoms with Crippen LogP contribution in [0.25, 0.3) is 0 Å². The van der Waals surface area contributed by atoms with Gasteiger partial charge in [-0.3, -0.25) is 0 Å². The van der Waals surface area contributed by atoms with Crippen molar-refractivity contribution in [3.8, 4) is 5.75 Å². The van der Waals surface area contributed by atoms with E-state index in [9.17, 15) is 15.0 Å². The molecule has 1 unspecified atom stereocenters. The summed E-state index contributed by atoms with van der Waals surface area (Å²) in [5.74, 6) is -0.799. The molecule has 1 atom stereocenters. The molecule has 0 heterocycles. The molecular formula is C12H16O4. The average molecular weight is 224 g/mol. The molecule has 4 heteroatoms. The van der Waals surface area contributed by atoms with Crippen molar-refractivity contribution in [2.75, 3.05) is 6.61 Å². The Kier molecular flexibility index (Phi) is 3.90. The lowest BCUT2D eigenvalue weighted by Gasteiger charge is -2.15. The topological polar surface area (TPSA) is 66.8 Å². The number of ether oxygens (including phenoxy) is 1. The van der Waals surface area contributed by atoms with Crippen LogP contribution in [0.3, 0.4) is 0 Å². The number of aryl methyl sites for hydroxylation is 2. The fourth-order valence-electron chi connectivity index (χ4n) is 1.50. The third kappa shape index (κ3) is 2.33. The number of carbonyl (C=O) groups is 1. The first kappa shape index (κ1) is 12.5. The minimum atomic E-state index is -1.43. The van der Waals surface area contributed by atoms with E-state index in [1.807, 2.05) is 0 Å². The number of aliphatic hydroxyl groups is 1. The molecule has 0 saturated carbocycles. The predicted molar refractivity (Wildman–Crippen MR) is 59.2 cm³/mol. The van der Waals surface area contributed by atoms with Crippen LogP contribution in [0.5, 0.6) is 5.75 Å². The second-order valence-corrected chi connectivity index (χ2v) is 3.62. The number of benzene rings is 1. The van der Waals surface area contributed by atoms with Crippen LogP contribution in [0.2, 0.25) is 0 Å². The van der Waals surface area contributed by atoms with E-state index in [-0.39, 0.29) is 17.9 Å². The zero-order valence-electron chi connectivity index (χ0n) is 9.65. The van der Waals surface area contributed by atoms with Gasteiger partial charge < -0.3 is 14.9 Å². The molecule has 16 heavy (non-hydrogen) atoms. The van der Waals surface area contributed by atoms with Gasteiger partial charge in [0.15, 0.2) is 6.10 Å². The van der Waals surface area contributed by atoms with E-state index in [1.54, 1.807) is 32.9 Å². The predicted octanol–water partition coefficient (Wildman–Crippen LogP) is 1.61. The van der Waals surface area contributed by atoms with E-state index in [0.717, 1.165) is 0 Å². The van der Waals surface area contributed by atoms with E-state index >= 15 is 0 Å². The van der Waals surface area contributed by atoms with Crippen LogP contribution < -0.4 is 0 Å². The average Bonchev–Trinajstić information content (AvgIpc) is 2.24. The van der Waals surface area contributed by atoms with E-state index < -0.39 is 12.1 Å². The molecule has 2 N–H and O–H groups in total. The van der Waals surface area contributed by atoms with Gasteiger partial charge in [0.25, 0.3) is 0 Å².